The molecule has 3 unspecified atom stereocenters. The van der Waals surface area contributed by atoms with E-state index in [0.717, 1.165) is 19.3 Å². The fourth-order valence-electron chi connectivity index (χ4n) is 2.96. The van der Waals surface area contributed by atoms with Crippen molar-refractivity contribution < 1.29 is 12.7 Å². The first kappa shape index (κ1) is 13.9. The molecule has 0 aromatic rings. The predicted molar refractivity (Wildman–Crippen MR) is 63.9 cm³/mol. The Bertz CT molecular complexity index is 313. The zero-order chi connectivity index (χ0) is 12.3. The third-order valence-electron chi connectivity index (χ3n) is 3.57. The maximum atomic E-state index is 11.8. The topological polar surface area (TPSA) is 69.4 Å². The molecule has 0 aromatic carbocycles. The second-order valence-corrected chi connectivity index (χ2v) is 7.05. The van der Waals surface area contributed by atoms with Crippen LogP contribution in [0.15, 0.2) is 0 Å². The van der Waals surface area contributed by atoms with Crippen LogP contribution < -0.4 is 5.90 Å². The summed E-state index contributed by atoms with van der Waals surface area (Å²) in [6.45, 7) is 6.01. The van der Waals surface area contributed by atoms with Gasteiger partial charge in [0.1, 0.15) is 0 Å². The van der Waals surface area contributed by atoms with Crippen LogP contribution in [0.5, 0.6) is 0 Å². The molecule has 3 atom stereocenters. The van der Waals surface area contributed by atoms with Gasteiger partial charge in [-0.15, -0.1) is 0 Å². The van der Waals surface area contributed by atoms with Gasteiger partial charge in [0.05, 0.1) is 5.25 Å². The zero-order valence-electron chi connectivity index (χ0n) is 10.3. The van der Waals surface area contributed by atoms with Crippen molar-refractivity contribution in [3.05, 3.63) is 0 Å². The molecule has 96 valence electrons. The summed E-state index contributed by atoms with van der Waals surface area (Å²) in [4.78, 5) is 0. The van der Waals surface area contributed by atoms with Crippen LogP contribution >= 0.6 is 0 Å². The third kappa shape index (κ3) is 3.18. The molecule has 0 spiro atoms. The van der Waals surface area contributed by atoms with E-state index in [4.69, 9.17) is 5.90 Å². The van der Waals surface area contributed by atoms with Crippen LogP contribution in [0.2, 0.25) is 0 Å². The SMILES string of the molecule is CC1CCCC(C(C(C)C)S(=O)(=O)ON)C1. The molecule has 0 saturated heterocycles. The highest BCUT2D eigenvalue weighted by atomic mass is 32.2. The molecule has 5 heteroatoms. The molecule has 0 radical (unpaired) electrons. The van der Waals surface area contributed by atoms with Crippen molar-refractivity contribution in [2.45, 2.75) is 51.7 Å². The molecule has 0 amide bonds. The third-order valence-corrected chi connectivity index (χ3v) is 5.43. The molecule has 2 N–H and O–H groups in total. The van der Waals surface area contributed by atoms with E-state index in [9.17, 15) is 8.42 Å². The highest BCUT2D eigenvalue weighted by molar-refractivity contribution is 7.87. The van der Waals surface area contributed by atoms with Gasteiger partial charge in [0, 0.05) is 0 Å². The van der Waals surface area contributed by atoms with Gasteiger partial charge in [0.15, 0.2) is 0 Å². The molecular weight excluding hydrogens is 226 g/mol. The molecule has 4 nitrogen and oxygen atoms in total. The van der Waals surface area contributed by atoms with Crippen LogP contribution in [0.3, 0.4) is 0 Å². The lowest BCUT2D eigenvalue weighted by Crippen LogP contribution is -2.39. The molecule has 0 aromatic heterocycles. The van der Waals surface area contributed by atoms with E-state index in [-0.39, 0.29) is 11.8 Å². The summed E-state index contributed by atoms with van der Waals surface area (Å²) in [7, 11) is -3.60. The van der Waals surface area contributed by atoms with Gasteiger partial charge < -0.3 is 0 Å². The normalized spacial score (nSPS) is 29.3. The largest absolute Gasteiger partial charge is 0.286 e. The lowest BCUT2D eigenvalue weighted by Gasteiger charge is -2.34. The lowest BCUT2D eigenvalue weighted by atomic mass is 9.78. The number of rotatable bonds is 4. The van der Waals surface area contributed by atoms with Crippen molar-refractivity contribution in [2.75, 3.05) is 0 Å². The maximum absolute atomic E-state index is 11.8. The number of nitrogens with two attached hydrogens (primary N) is 1. The van der Waals surface area contributed by atoms with E-state index in [1.165, 1.54) is 6.42 Å². The molecule has 0 bridgehead atoms. The highest BCUT2D eigenvalue weighted by Gasteiger charge is 2.38. The van der Waals surface area contributed by atoms with Crippen LogP contribution in [-0.4, -0.2) is 13.7 Å². The van der Waals surface area contributed by atoms with Crippen molar-refractivity contribution in [3.8, 4) is 0 Å². The van der Waals surface area contributed by atoms with E-state index >= 15 is 0 Å². The fraction of sp³-hybridized carbons (Fsp3) is 1.00. The van der Waals surface area contributed by atoms with Crippen molar-refractivity contribution >= 4 is 10.1 Å². The van der Waals surface area contributed by atoms with E-state index in [1.807, 2.05) is 13.8 Å². The summed E-state index contributed by atoms with van der Waals surface area (Å²) in [5, 5.41) is -0.458. The highest BCUT2D eigenvalue weighted by Crippen LogP contribution is 2.36. The molecule has 1 aliphatic carbocycles. The molecule has 1 rings (SSSR count). The van der Waals surface area contributed by atoms with Crippen molar-refractivity contribution in [1.82, 2.24) is 0 Å². The molecular formula is C11H23NO3S. The van der Waals surface area contributed by atoms with E-state index in [2.05, 4.69) is 11.2 Å². The van der Waals surface area contributed by atoms with Crippen molar-refractivity contribution in [3.63, 3.8) is 0 Å². The standard InChI is InChI=1S/C11H23NO3S/c1-8(2)11(16(13,14)15-12)10-6-4-5-9(3)7-10/h8-11H,4-7,12H2,1-3H3. The van der Waals surface area contributed by atoms with Crippen molar-refractivity contribution in [1.29, 1.82) is 0 Å². The van der Waals surface area contributed by atoms with Gasteiger partial charge in [0.25, 0.3) is 10.1 Å². The van der Waals surface area contributed by atoms with Crippen molar-refractivity contribution in [2.24, 2.45) is 23.7 Å². The van der Waals surface area contributed by atoms with Crippen LogP contribution in [0.25, 0.3) is 0 Å². The zero-order valence-corrected chi connectivity index (χ0v) is 11.2. The monoisotopic (exact) mass is 249 g/mol. The summed E-state index contributed by atoms with van der Waals surface area (Å²) >= 11 is 0. The van der Waals surface area contributed by atoms with E-state index < -0.39 is 15.4 Å². The summed E-state index contributed by atoms with van der Waals surface area (Å²) in [6.07, 6.45) is 4.24. The Morgan fingerprint density at radius 2 is 1.94 bits per heavy atom. The average molecular weight is 249 g/mol. The predicted octanol–water partition coefficient (Wildman–Crippen LogP) is 2.06. The van der Waals surface area contributed by atoms with Gasteiger partial charge in [-0.2, -0.15) is 18.6 Å². The summed E-state index contributed by atoms with van der Waals surface area (Å²) in [5.41, 5.74) is 0. The molecule has 1 saturated carbocycles. The van der Waals surface area contributed by atoms with Gasteiger partial charge in [0.2, 0.25) is 0 Å². The Balaban J connectivity index is 2.86. The Morgan fingerprint density at radius 3 is 2.38 bits per heavy atom. The average Bonchev–Trinajstić information content (AvgIpc) is 2.17. The molecule has 1 aliphatic rings. The molecule has 1 fully saturated rings. The van der Waals surface area contributed by atoms with Crippen LogP contribution in [-0.2, 0) is 14.4 Å². The summed E-state index contributed by atoms with van der Waals surface area (Å²) in [6, 6.07) is 0. The fourth-order valence-corrected chi connectivity index (χ4v) is 4.47. The first-order chi connectivity index (χ1) is 7.38. The lowest BCUT2D eigenvalue weighted by molar-refractivity contribution is 0.231. The quantitative estimate of drug-likeness (QED) is 0.774. The summed E-state index contributed by atoms with van der Waals surface area (Å²) in [5.74, 6) is 5.74. The van der Waals surface area contributed by atoms with Crippen LogP contribution in [0.1, 0.15) is 46.5 Å². The smallest absolute Gasteiger partial charge is 0.198 e. The van der Waals surface area contributed by atoms with Crippen LogP contribution in [0.4, 0.5) is 0 Å². The Labute approximate surface area is 98.6 Å². The molecule has 0 heterocycles. The van der Waals surface area contributed by atoms with Crippen LogP contribution in [0, 0.1) is 17.8 Å². The molecule has 0 aliphatic heterocycles. The second kappa shape index (κ2) is 5.47. The number of hydrogen-bond acceptors (Lipinski definition) is 4. The van der Waals surface area contributed by atoms with Gasteiger partial charge in [-0.1, -0.05) is 33.6 Å². The summed E-state index contributed by atoms with van der Waals surface area (Å²) < 4.78 is 27.8. The Hall–Kier alpha value is -0.130. The Kier molecular flexibility index (Phi) is 4.76. The second-order valence-electron chi connectivity index (χ2n) is 5.33. The van der Waals surface area contributed by atoms with Gasteiger partial charge in [-0.05, 0) is 30.6 Å². The first-order valence-electron chi connectivity index (χ1n) is 6.00. The maximum Gasteiger partial charge on any atom is 0.286 e. The minimum absolute atomic E-state index is 0.0452. The minimum Gasteiger partial charge on any atom is -0.198 e. The van der Waals surface area contributed by atoms with Gasteiger partial charge >= 0.3 is 0 Å². The minimum atomic E-state index is -3.60. The number of hydrogen-bond donors (Lipinski definition) is 1. The Morgan fingerprint density at radius 1 is 1.31 bits per heavy atom. The van der Waals surface area contributed by atoms with Gasteiger partial charge in [-0.3, -0.25) is 0 Å². The van der Waals surface area contributed by atoms with E-state index in [1.54, 1.807) is 0 Å². The van der Waals surface area contributed by atoms with Gasteiger partial charge in [-0.25, -0.2) is 0 Å². The first-order valence-corrected chi connectivity index (χ1v) is 7.47. The van der Waals surface area contributed by atoms with E-state index in [0.29, 0.717) is 5.92 Å². The molecule has 16 heavy (non-hydrogen) atoms.